The Balaban J connectivity index is 2.69. The van der Waals surface area contributed by atoms with E-state index in [9.17, 15) is 4.39 Å². The van der Waals surface area contributed by atoms with Crippen LogP contribution in [0.5, 0.6) is 0 Å². The number of aromatic nitrogens is 2. The van der Waals surface area contributed by atoms with Crippen LogP contribution in [0, 0.1) is 5.82 Å². The molecule has 0 N–H and O–H groups in total. The lowest BCUT2D eigenvalue weighted by Crippen LogP contribution is -2.09. The van der Waals surface area contributed by atoms with Crippen LogP contribution in [0.2, 0.25) is 5.02 Å². The quantitative estimate of drug-likeness (QED) is 0.683. The maximum atomic E-state index is 13.5. The van der Waals surface area contributed by atoms with Gasteiger partial charge in [-0.15, -0.1) is 11.6 Å². The Bertz CT molecular complexity index is 593. The van der Waals surface area contributed by atoms with Gasteiger partial charge >= 0.3 is 0 Å². The molecule has 0 aliphatic rings. The fourth-order valence-electron chi connectivity index (χ4n) is 2.40. The minimum Gasteiger partial charge on any atom is -0.324 e. The van der Waals surface area contributed by atoms with E-state index in [4.69, 9.17) is 23.2 Å². The molecule has 104 valence electrons. The second-order valence-electron chi connectivity index (χ2n) is 4.85. The molecule has 0 amide bonds. The molecule has 2 aromatic rings. The molecule has 0 aliphatic heterocycles. The average Bonchev–Trinajstić information content (AvgIpc) is 2.69. The van der Waals surface area contributed by atoms with E-state index in [0.717, 1.165) is 24.2 Å². The standard InChI is InChI=1S/C14H17Cl2FN2/c1-4-5-8(2)19-13-6-10(16)11(17)7-12(13)18-14(19)9(3)15/h6-9H,4-5H2,1-3H3. The van der Waals surface area contributed by atoms with Crippen molar-refractivity contribution in [3.05, 3.63) is 28.8 Å². The van der Waals surface area contributed by atoms with Gasteiger partial charge < -0.3 is 4.57 Å². The van der Waals surface area contributed by atoms with E-state index in [1.54, 1.807) is 6.07 Å². The number of imidazole rings is 1. The van der Waals surface area contributed by atoms with Gasteiger partial charge in [-0.05, 0) is 26.3 Å². The zero-order valence-electron chi connectivity index (χ0n) is 11.3. The van der Waals surface area contributed by atoms with Gasteiger partial charge in [0.25, 0.3) is 0 Å². The van der Waals surface area contributed by atoms with E-state index in [1.807, 2.05) is 6.92 Å². The molecule has 0 saturated carbocycles. The molecule has 0 aliphatic carbocycles. The first-order chi connectivity index (χ1) is 8.95. The SMILES string of the molecule is CCCC(C)n1c(C(C)Cl)nc2cc(F)c(Cl)cc21. The lowest BCUT2D eigenvalue weighted by Gasteiger charge is -2.18. The molecule has 1 aromatic carbocycles. The molecule has 2 nitrogen and oxygen atoms in total. The monoisotopic (exact) mass is 302 g/mol. The van der Waals surface area contributed by atoms with Gasteiger partial charge in [0.2, 0.25) is 0 Å². The summed E-state index contributed by atoms with van der Waals surface area (Å²) in [5, 5.41) is -0.111. The molecule has 5 heteroatoms. The van der Waals surface area contributed by atoms with E-state index in [1.165, 1.54) is 6.07 Å². The van der Waals surface area contributed by atoms with Crippen LogP contribution in [-0.4, -0.2) is 9.55 Å². The van der Waals surface area contributed by atoms with Crippen LogP contribution in [0.1, 0.15) is 50.9 Å². The first-order valence-electron chi connectivity index (χ1n) is 6.46. The summed E-state index contributed by atoms with van der Waals surface area (Å²) in [6.07, 6.45) is 2.07. The predicted octanol–water partition coefficient (Wildman–Crippen LogP) is 5.49. The molecule has 1 aromatic heterocycles. The number of benzene rings is 1. The zero-order valence-corrected chi connectivity index (χ0v) is 12.8. The fraction of sp³-hybridized carbons (Fsp3) is 0.500. The molecule has 0 saturated heterocycles. The van der Waals surface area contributed by atoms with E-state index < -0.39 is 5.82 Å². The Labute approximate surface area is 122 Å². The van der Waals surface area contributed by atoms with Crippen molar-refractivity contribution in [1.29, 1.82) is 0 Å². The van der Waals surface area contributed by atoms with Crippen molar-refractivity contribution in [2.45, 2.75) is 45.0 Å². The molecular formula is C14H17Cl2FN2. The third-order valence-corrected chi connectivity index (χ3v) is 3.75. The molecule has 2 atom stereocenters. The van der Waals surface area contributed by atoms with Crippen LogP contribution in [-0.2, 0) is 0 Å². The first kappa shape index (κ1) is 14.6. The van der Waals surface area contributed by atoms with Gasteiger partial charge in [0.1, 0.15) is 11.6 Å². The van der Waals surface area contributed by atoms with E-state index in [0.29, 0.717) is 5.52 Å². The minimum absolute atomic E-state index is 0.117. The van der Waals surface area contributed by atoms with Crippen molar-refractivity contribution in [3.8, 4) is 0 Å². The highest BCUT2D eigenvalue weighted by molar-refractivity contribution is 6.31. The van der Waals surface area contributed by atoms with E-state index in [-0.39, 0.29) is 16.4 Å². The molecular weight excluding hydrogens is 286 g/mol. The second-order valence-corrected chi connectivity index (χ2v) is 5.91. The number of hydrogen-bond acceptors (Lipinski definition) is 1. The molecule has 0 radical (unpaired) electrons. The Morgan fingerprint density at radius 1 is 1.37 bits per heavy atom. The smallest absolute Gasteiger partial charge is 0.144 e. The number of rotatable bonds is 4. The molecule has 1 heterocycles. The summed E-state index contributed by atoms with van der Waals surface area (Å²) >= 11 is 12.1. The molecule has 0 fully saturated rings. The summed E-state index contributed by atoms with van der Waals surface area (Å²) in [6.45, 7) is 6.12. The predicted molar refractivity (Wildman–Crippen MR) is 78.6 cm³/mol. The number of halogens is 3. The van der Waals surface area contributed by atoms with Gasteiger partial charge in [-0.1, -0.05) is 24.9 Å². The molecule has 2 rings (SSSR count). The van der Waals surface area contributed by atoms with Crippen molar-refractivity contribution in [3.63, 3.8) is 0 Å². The third-order valence-electron chi connectivity index (χ3n) is 3.26. The van der Waals surface area contributed by atoms with Crippen molar-refractivity contribution < 1.29 is 4.39 Å². The summed E-state index contributed by atoms with van der Waals surface area (Å²) in [7, 11) is 0. The van der Waals surface area contributed by atoms with Crippen LogP contribution in [0.3, 0.4) is 0 Å². The third kappa shape index (κ3) is 2.72. The topological polar surface area (TPSA) is 17.8 Å². The Morgan fingerprint density at radius 3 is 2.63 bits per heavy atom. The normalized spacial score (nSPS) is 14.8. The average molecular weight is 303 g/mol. The Kier molecular flexibility index (Phi) is 4.36. The van der Waals surface area contributed by atoms with Gasteiger partial charge in [0.15, 0.2) is 0 Å². The van der Waals surface area contributed by atoms with Gasteiger partial charge in [-0.3, -0.25) is 0 Å². The second kappa shape index (κ2) is 5.68. The summed E-state index contributed by atoms with van der Waals surface area (Å²) in [6, 6.07) is 3.26. The number of hydrogen-bond donors (Lipinski definition) is 0. The Hall–Kier alpha value is -0.800. The summed E-state index contributed by atoms with van der Waals surface area (Å²) in [4.78, 5) is 4.45. The number of alkyl halides is 1. The van der Waals surface area contributed by atoms with E-state index >= 15 is 0 Å². The minimum atomic E-state index is -0.448. The molecule has 2 unspecified atom stereocenters. The Morgan fingerprint density at radius 2 is 2.05 bits per heavy atom. The van der Waals surface area contributed by atoms with Gasteiger partial charge in [0.05, 0.1) is 21.4 Å². The summed E-state index contributed by atoms with van der Waals surface area (Å²) in [5.74, 6) is 0.315. The maximum Gasteiger partial charge on any atom is 0.144 e. The van der Waals surface area contributed by atoms with Crippen LogP contribution < -0.4 is 0 Å². The van der Waals surface area contributed by atoms with Crippen LogP contribution in [0.4, 0.5) is 4.39 Å². The maximum absolute atomic E-state index is 13.5. The van der Waals surface area contributed by atoms with Crippen LogP contribution in [0.15, 0.2) is 12.1 Å². The fourth-order valence-corrected chi connectivity index (χ4v) is 2.71. The van der Waals surface area contributed by atoms with Crippen LogP contribution >= 0.6 is 23.2 Å². The molecule has 19 heavy (non-hydrogen) atoms. The first-order valence-corrected chi connectivity index (χ1v) is 7.28. The molecule has 0 spiro atoms. The van der Waals surface area contributed by atoms with Gasteiger partial charge in [-0.2, -0.15) is 0 Å². The van der Waals surface area contributed by atoms with Crippen LogP contribution in [0.25, 0.3) is 11.0 Å². The molecule has 0 bridgehead atoms. The highest BCUT2D eigenvalue weighted by Crippen LogP contribution is 2.32. The summed E-state index contributed by atoms with van der Waals surface area (Å²) < 4.78 is 15.6. The van der Waals surface area contributed by atoms with E-state index in [2.05, 4.69) is 23.4 Å². The van der Waals surface area contributed by atoms with Gasteiger partial charge in [-0.25, -0.2) is 9.37 Å². The van der Waals surface area contributed by atoms with Crippen molar-refractivity contribution in [2.24, 2.45) is 0 Å². The van der Waals surface area contributed by atoms with Crippen molar-refractivity contribution >= 4 is 34.2 Å². The largest absolute Gasteiger partial charge is 0.324 e. The van der Waals surface area contributed by atoms with Crippen molar-refractivity contribution in [2.75, 3.05) is 0 Å². The highest BCUT2D eigenvalue weighted by atomic mass is 35.5. The zero-order chi connectivity index (χ0) is 14.2. The lowest BCUT2D eigenvalue weighted by atomic mass is 10.2. The lowest BCUT2D eigenvalue weighted by molar-refractivity contribution is 0.494. The van der Waals surface area contributed by atoms with Crippen molar-refractivity contribution in [1.82, 2.24) is 9.55 Å². The van der Waals surface area contributed by atoms with Gasteiger partial charge in [0, 0.05) is 12.1 Å². The number of fused-ring (bicyclic) bond motifs is 1. The number of nitrogens with zero attached hydrogens (tertiary/aromatic N) is 2. The summed E-state index contributed by atoms with van der Waals surface area (Å²) in [5.41, 5.74) is 1.45. The highest BCUT2D eigenvalue weighted by Gasteiger charge is 2.20.